The third kappa shape index (κ3) is 3.57. The first kappa shape index (κ1) is 17.6. The van der Waals surface area contributed by atoms with Crippen LogP contribution in [0.5, 0.6) is 0 Å². The highest BCUT2D eigenvalue weighted by Crippen LogP contribution is 2.22. The lowest BCUT2D eigenvalue weighted by atomic mass is 10.2. The minimum Gasteiger partial charge on any atom is -0.291 e. The van der Waals surface area contributed by atoms with Crippen LogP contribution in [0.3, 0.4) is 0 Å². The number of carbonyl (C=O) groups is 1. The molecule has 0 spiro atoms. The number of rotatable bonds is 5. The Balaban J connectivity index is 1.79. The molecule has 1 amide bonds. The van der Waals surface area contributed by atoms with Gasteiger partial charge in [-0.15, -0.1) is 0 Å². The second-order valence-electron chi connectivity index (χ2n) is 5.62. The Morgan fingerprint density at radius 1 is 1.08 bits per heavy atom. The number of nitrogens with zero attached hydrogens (tertiary/aromatic N) is 3. The van der Waals surface area contributed by atoms with E-state index in [-0.39, 0.29) is 16.8 Å². The standard InChI is InChI=1S/C17H17N5O3S/c1-12-3-9-15(10-4-12)26(24,25)22(2)14-7-5-13(6-8-14)16(23)20-17-18-11-19-21-17/h3-11H,1-2H3,(H2,18,19,20,21,23). The minimum absolute atomic E-state index is 0.206. The number of nitrogens with one attached hydrogen (secondary N) is 2. The van der Waals surface area contributed by atoms with Gasteiger partial charge in [-0.3, -0.25) is 14.4 Å². The third-order valence-electron chi connectivity index (χ3n) is 3.82. The molecule has 0 bridgehead atoms. The minimum atomic E-state index is -3.67. The Bertz CT molecular complexity index is 998. The molecule has 26 heavy (non-hydrogen) atoms. The van der Waals surface area contributed by atoms with Crippen LogP contribution >= 0.6 is 0 Å². The number of aromatic nitrogens is 3. The van der Waals surface area contributed by atoms with Gasteiger partial charge >= 0.3 is 0 Å². The molecule has 0 aliphatic heterocycles. The number of anilines is 2. The van der Waals surface area contributed by atoms with Crippen LogP contribution in [0.1, 0.15) is 15.9 Å². The molecule has 0 saturated heterocycles. The summed E-state index contributed by atoms with van der Waals surface area (Å²) in [7, 11) is -2.20. The fraction of sp³-hybridized carbons (Fsp3) is 0.118. The lowest BCUT2D eigenvalue weighted by molar-refractivity contribution is 0.102. The Hall–Kier alpha value is -3.20. The van der Waals surface area contributed by atoms with Gasteiger partial charge in [0.05, 0.1) is 10.6 Å². The van der Waals surface area contributed by atoms with Crippen molar-refractivity contribution >= 4 is 27.6 Å². The summed E-state index contributed by atoms with van der Waals surface area (Å²) < 4.78 is 26.6. The smallest absolute Gasteiger partial charge is 0.264 e. The summed E-state index contributed by atoms with van der Waals surface area (Å²) >= 11 is 0. The lowest BCUT2D eigenvalue weighted by Crippen LogP contribution is -2.26. The highest BCUT2D eigenvalue weighted by Gasteiger charge is 2.21. The first-order valence-corrected chi connectivity index (χ1v) is 9.14. The Labute approximate surface area is 150 Å². The van der Waals surface area contributed by atoms with Crippen LogP contribution < -0.4 is 9.62 Å². The predicted octanol–water partition coefficient (Wildman–Crippen LogP) is 2.19. The van der Waals surface area contributed by atoms with Crippen molar-refractivity contribution in [1.29, 1.82) is 0 Å². The van der Waals surface area contributed by atoms with E-state index in [2.05, 4.69) is 20.5 Å². The number of hydrogen-bond acceptors (Lipinski definition) is 5. The summed E-state index contributed by atoms with van der Waals surface area (Å²) in [6.45, 7) is 1.89. The highest BCUT2D eigenvalue weighted by molar-refractivity contribution is 7.92. The van der Waals surface area contributed by atoms with Gasteiger partial charge in [0.15, 0.2) is 0 Å². The van der Waals surface area contributed by atoms with Crippen LogP contribution in [0, 0.1) is 6.92 Å². The average Bonchev–Trinajstić information content (AvgIpc) is 3.14. The van der Waals surface area contributed by atoms with Crippen LogP contribution in [-0.4, -0.2) is 36.6 Å². The molecule has 3 rings (SSSR count). The van der Waals surface area contributed by atoms with Crippen molar-refractivity contribution in [3.63, 3.8) is 0 Å². The van der Waals surface area contributed by atoms with Crippen molar-refractivity contribution in [2.75, 3.05) is 16.7 Å². The van der Waals surface area contributed by atoms with E-state index in [1.807, 2.05) is 6.92 Å². The molecule has 0 unspecified atom stereocenters. The zero-order valence-corrected chi connectivity index (χ0v) is 15.0. The molecule has 3 aromatic rings. The van der Waals surface area contributed by atoms with Crippen molar-refractivity contribution in [3.05, 3.63) is 66.0 Å². The summed E-state index contributed by atoms with van der Waals surface area (Å²) in [5, 5.41) is 8.72. The summed E-state index contributed by atoms with van der Waals surface area (Å²) in [5.74, 6) is -0.143. The molecule has 9 heteroatoms. The quantitative estimate of drug-likeness (QED) is 0.715. The van der Waals surface area contributed by atoms with Crippen molar-refractivity contribution in [1.82, 2.24) is 15.2 Å². The van der Waals surface area contributed by atoms with E-state index in [4.69, 9.17) is 0 Å². The van der Waals surface area contributed by atoms with E-state index >= 15 is 0 Å². The van der Waals surface area contributed by atoms with Crippen LogP contribution in [-0.2, 0) is 10.0 Å². The second kappa shape index (κ2) is 6.96. The van der Waals surface area contributed by atoms with Crippen LogP contribution in [0.4, 0.5) is 11.6 Å². The monoisotopic (exact) mass is 371 g/mol. The number of aromatic amines is 1. The lowest BCUT2D eigenvalue weighted by Gasteiger charge is -2.19. The molecule has 0 saturated carbocycles. The molecule has 8 nitrogen and oxygen atoms in total. The average molecular weight is 371 g/mol. The van der Waals surface area contributed by atoms with Crippen LogP contribution in [0.15, 0.2) is 59.8 Å². The van der Waals surface area contributed by atoms with Crippen molar-refractivity contribution in [2.24, 2.45) is 0 Å². The number of H-pyrrole nitrogens is 1. The Kier molecular flexibility index (Phi) is 4.72. The zero-order valence-electron chi connectivity index (χ0n) is 14.2. The van der Waals surface area contributed by atoms with Gasteiger partial charge in [-0.1, -0.05) is 17.7 Å². The molecule has 0 aliphatic carbocycles. The van der Waals surface area contributed by atoms with Gasteiger partial charge in [-0.05, 0) is 43.3 Å². The maximum Gasteiger partial charge on any atom is 0.264 e. The number of carbonyl (C=O) groups excluding carboxylic acids is 1. The topological polar surface area (TPSA) is 108 Å². The van der Waals surface area contributed by atoms with Gasteiger partial charge in [0, 0.05) is 12.6 Å². The Morgan fingerprint density at radius 2 is 1.73 bits per heavy atom. The van der Waals surface area contributed by atoms with Crippen LogP contribution in [0.25, 0.3) is 0 Å². The molecular weight excluding hydrogens is 354 g/mol. The number of aryl methyl sites for hydroxylation is 1. The SMILES string of the molecule is Cc1ccc(S(=O)(=O)N(C)c2ccc(C(=O)Nc3ncn[nH]3)cc2)cc1. The van der Waals surface area contributed by atoms with Gasteiger partial charge < -0.3 is 0 Å². The first-order chi connectivity index (χ1) is 12.4. The van der Waals surface area contributed by atoms with Gasteiger partial charge in [0.1, 0.15) is 6.33 Å². The molecule has 1 heterocycles. The highest BCUT2D eigenvalue weighted by atomic mass is 32.2. The molecule has 0 fully saturated rings. The van der Waals surface area contributed by atoms with Crippen molar-refractivity contribution in [2.45, 2.75) is 11.8 Å². The first-order valence-electron chi connectivity index (χ1n) is 7.70. The van der Waals surface area contributed by atoms with E-state index in [0.29, 0.717) is 11.3 Å². The number of amides is 1. The zero-order chi connectivity index (χ0) is 18.7. The Morgan fingerprint density at radius 3 is 2.31 bits per heavy atom. The fourth-order valence-corrected chi connectivity index (χ4v) is 3.47. The molecule has 2 N–H and O–H groups in total. The molecular formula is C17H17N5O3S. The number of hydrogen-bond donors (Lipinski definition) is 2. The van der Waals surface area contributed by atoms with Crippen molar-refractivity contribution in [3.8, 4) is 0 Å². The van der Waals surface area contributed by atoms with Crippen molar-refractivity contribution < 1.29 is 13.2 Å². The number of sulfonamides is 1. The second-order valence-corrected chi connectivity index (χ2v) is 7.59. The predicted molar refractivity (Wildman–Crippen MR) is 97.5 cm³/mol. The maximum absolute atomic E-state index is 12.7. The van der Waals surface area contributed by atoms with Crippen LogP contribution in [0.2, 0.25) is 0 Å². The molecule has 0 radical (unpaired) electrons. The van der Waals surface area contributed by atoms with E-state index in [0.717, 1.165) is 5.56 Å². The molecule has 2 aromatic carbocycles. The molecule has 0 aliphatic rings. The summed E-state index contributed by atoms with van der Waals surface area (Å²) in [6.07, 6.45) is 1.28. The normalized spacial score (nSPS) is 11.2. The number of benzene rings is 2. The maximum atomic E-state index is 12.7. The summed E-state index contributed by atoms with van der Waals surface area (Å²) in [4.78, 5) is 16.1. The molecule has 134 valence electrons. The summed E-state index contributed by atoms with van der Waals surface area (Å²) in [5.41, 5.74) is 1.79. The fourth-order valence-electron chi connectivity index (χ4n) is 2.28. The van der Waals surface area contributed by atoms with E-state index in [1.54, 1.807) is 48.5 Å². The van der Waals surface area contributed by atoms with Gasteiger partial charge in [-0.25, -0.2) is 13.5 Å². The van der Waals surface area contributed by atoms with Gasteiger partial charge in [0.2, 0.25) is 5.95 Å². The molecule has 0 atom stereocenters. The third-order valence-corrected chi connectivity index (χ3v) is 5.62. The van der Waals surface area contributed by atoms with E-state index in [1.165, 1.54) is 17.7 Å². The van der Waals surface area contributed by atoms with Gasteiger partial charge in [-0.2, -0.15) is 10.1 Å². The molecule has 1 aromatic heterocycles. The largest absolute Gasteiger partial charge is 0.291 e. The van der Waals surface area contributed by atoms with E-state index < -0.39 is 10.0 Å². The van der Waals surface area contributed by atoms with E-state index in [9.17, 15) is 13.2 Å². The van der Waals surface area contributed by atoms with Gasteiger partial charge in [0.25, 0.3) is 15.9 Å². The summed E-state index contributed by atoms with van der Waals surface area (Å²) in [6, 6.07) is 12.9.